The summed E-state index contributed by atoms with van der Waals surface area (Å²) in [5, 5.41) is 6.33. The molecule has 7 nitrogen and oxygen atoms in total. The second-order valence-corrected chi connectivity index (χ2v) is 9.84. The smallest absolute Gasteiger partial charge is 0.344 e. The van der Waals surface area contributed by atoms with Gasteiger partial charge in [-0.2, -0.15) is 0 Å². The molecule has 0 radical (unpaired) electrons. The van der Waals surface area contributed by atoms with E-state index in [1.807, 2.05) is 18.2 Å². The predicted molar refractivity (Wildman–Crippen MR) is 144 cm³/mol. The van der Waals surface area contributed by atoms with E-state index in [0.717, 1.165) is 40.9 Å². The van der Waals surface area contributed by atoms with Gasteiger partial charge in [-0.15, -0.1) is 0 Å². The van der Waals surface area contributed by atoms with E-state index in [2.05, 4.69) is 25.9 Å². The zero-order chi connectivity index (χ0) is 26.5. The third kappa shape index (κ3) is 6.11. The molecule has 0 fully saturated rings. The van der Waals surface area contributed by atoms with Gasteiger partial charge in [-0.05, 0) is 56.5 Å². The van der Waals surface area contributed by atoms with Crippen LogP contribution < -0.4 is 4.74 Å². The third-order valence-electron chi connectivity index (χ3n) is 5.94. The van der Waals surface area contributed by atoms with Crippen LogP contribution in [0.2, 0.25) is 10.0 Å². The van der Waals surface area contributed by atoms with Crippen molar-refractivity contribution in [2.24, 2.45) is 0 Å². The highest BCUT2D eigenvalue weighted by Gasteiger charge is 2.21. The van der Waals surface area contributed by atoms with Gasteiger partial charge < -0.3 is 18.4 Å². The number of hydrogen-bond acceptors (Lipinski definition) is 7. The molecule has 0 aliphatic rings. The number of rotatable bonds is 11. The van der Waals surface area contributed by atoms with Crippen LogP contribution in [0, 0.1) is 0 Å². The van der Waals surface area contributed by atoms with E-state index in [0.29, 0.717) is 52.3 Å². The van der Waals surface area contributed by atoms with Crippen molar-refractivity contribution in [1.29, 1.82) is 0 Å². The standard InChI is InChI=1S/C28H30Cl2N2O5/c1-5-7-20-24(35-15-25(33)34-6-2)13-10-19-22(32-37-27(19)20)11-12-23-26(16(3)4)36-28(31-23)18-9-8-17(29)14-21(18)30/h8-10,13-14,16H,5-7,11-12,15H2,1-4H3. The van der Waals surface area contributed by atoms with Crippen molar-refractivity contribution in [3.63, 3.8) is 0 Å². The molecule has 0 spiro atoms. The lowest BCUT2D eigenvalue weighted by Gasteiger charge is -2.11. The Morgan fingerprint density at radius 2 is 1.84 bits per heavy atom. The fourth-order valence-electron chi connectivity index (χ4n) is 4.24. The van der Waals surface area contributed by atoms with E-state index >= 15 is 0 Å². The van der Waals surface area contributed by atoms with Crippen LogP contribution >= 0.6 is 23.2 Å². The number of carbonyl (C=O) groups is 1. The molecule has 2 heterocycles. The molecule has 0 bridgehead atoms. The Morgan fingerprint density at radius 1 is 1.05 bits per heavy atom. The van der Waals surface area contributed by atoms with E-state index in [4.69, 9.17) is 46.6 Å². The summed E-state index contributed by atoms with van der Waals surface area (Å²) in [6.45, 7) is 8.14. The summed E-state index contributed by atoms with van der Waals surface area (Å²) in [5.74, 6) is 1.63. The van der Waals surface area contributed by atoms with Crippen molar-refractivity contribution in [1.82, 2.24) is 10.1 Å². The van der Waals surface area contributed by atoms with Gasteiger partial charge in [0.2, 0.25) is 5.89 Å². The van der Waals surface area contributed by atoms with Gasteiger partial charge in [-0.3, -0.25) is 0 Å². The third-order valence-corrected chi connectivity index (χ3v) is 6.49. The molecule has 0 saturated carbocycles. The van der Waals surface area contributed by atoms with Gasteiger partial charge in [-0.25, -0.2) is 9.78 Å². The van der Waals surface area contributed by atoms with Crippen LogP contribution in [0.25, 0.3) is 22.4 Å². The van der Waals surface area contributed by atoms with Gasteiger partial charge >= 0.3 is 5.97 Å². The summed E-state index contributed by atoms with van der Waals surface area (Å²) in [4.78, 5) is 16.5. The van der Waals surface area contributed by atoms with E-state index in [-0.39, 0.29) is 12.5 Å². The van der Waals surface area contributed by atoms with Gasteiger partial charge in [0.25, 0.3) is 0 Å². The summed E-state index contributed by atoms with van der Waals surface area (Å²) < 4.78 is 22.6. The summed E-state index contributed by atoms with van der Waals surface area (Å²) >= 11 is 12.4. The van der Waals surface area contributed by atoms with Crippen LogP contribution in [-0.4, -0.2) is 29.3 Å². The fourth-order valence-corrected chi connectivity index (χ4v) is 4.73. The number of fused-ring (bicyclic) bond motifs is 1. The number of oxazole rings is 1. The molecule has 0 saturated heterocycles. The molecule has 0 aliphatic heterocycles. The molecule has 0 unspecified atom stereocenters. The summed E-state index contributed by atoms with van der Waals surface area (Å²) in [7, 11) is 0. The lowest BCUT2D eigenvalue weighted by Crippen LogP contribution is -2.15. The molecular weight excluding hydrogens is 515 g/mol. The second kappa shape index (κ2) is 12.0. The number of benzene rings is 2. The average molecular weight is 545 g/mol. The van der Waals surface area contributed by atoms with Gasteiger partial charge in [0.15, 0.2) is 12.2 Å². The van der Waals surface area contributed by atoms with Crippen molar-refractivity contribution in [2.75, 3.05) is 13.2 Å². The van der Waals surface area contributed by atoms with Crippen molar-refractivity contribution in [3.05, 3.63) is 63.1 Å². The first-order chi connectivity index (χ1) is 17.8. The Kier molecular flexibility index (Phi) is 8.77. The Hall–Kier alpha value is -3.03. The number of esters is 1. The molecule has 37 heavy (non-hydrogen) atoms. The lowest BCUT2D eigenvalue weighted by atomic mass is 10.0. The normalized spacial score (nSPS) is 11.4. The summed E-state index contributed by atoms with van der Waals surface area (Å²) in [5.41, 5.74) is 3.96. The van der Waals surface area contributed by atoms with Crippen LogP contribution in [0.5, 0.6) is 5.75 Å². The molecule has 9 heteroatoms. The summed E-state index contributed by atoms with van der Waals surface area (Å²) in [6, 6.07) is 9.04. The van der Waals surface area contributed by atoms with E-state index < -0.39 is 5.97 Å². The van der Waals surface area contributed by atoms with Gasteiger partial charge in [-0.1, -0.05) is 55.6 Å². The van der Waals surface area contributed by atoms with Crippen molar-refractivity contribution < 1.29 is 23.2 Å². The van der Waals surface area contributed by atoms with Gasteiger partial charge in [0.1, 0.15) is 11.5 Å². The van der Waals surface area contributed by atoms with Crippen LogP contribution in [0.4, 0.5) is 0 Å². The molecule has 0 atom stereocenters. The van der Waals surface area contributed by atoms with E-state index in [9.17, 15) is 4.79 Å². The number of hydrogen-bond donors (Lipinski definition) is 0. The van der Waals surface area contributed by atoms with Crippen molar-refractivity contribution in [3.8, 4) is 17.2 Å². The largest absolute Gasteiger partial charge is 0.481 e. The number of halogens is 2. The highest BCUT2D eigenvalue weighted by Crippen LogP contribution is 2.35. The summed E-state index contributed by atoms with van der Waals surface area (Å²) in [6.07, 6.45) is 2.85. The first kappa shape index (κ1) is 27.0. The van der Waals surface area contributed by atoms with Crippen LogP contribution in [0.3, 0.4) is 0 Å². The molecule has 2 aromatic heterocycles. The monoisotopic (exact) mass is 544 g/mol. The maximum atomic E-state index is 11.8. The number of nitrogens with zero attached hydrogens (tertiary/aromatic N) is 2. The predicted octanol–water partition coefficient (Wildman–Crippen LogP) is 7.59. The molecule has 0 N–H and O–H groups in total. The van der Waals surface area contributed by atoms with E-state index in [1.54, 1.807) is 19.1 Å². The molecule has 2 aromatic carbocycles. The van der Waals surface area contributed by atoms with Crippen LogP contribution in [0.1, 0.15) is 62.7 Å². The lowest BCUT2D eigenvalue weighted by molar-refractivity contribution is -0.145. The number of carbonyl (C=O) groups excluding carboxylic acids is 1. The minimum Gasteiger partial charge on any atom is -0.481 e. The quantitative estimate of drug-likeness (QED) is 0.179. The maximum Gasteiger partial charge on any atom is 0.344 e. The highest BCUT2D eigenvalue weighted by atomic mass is 35.5. The van der Waals surface area contributed by atoms with Gasteiger partial charge in [0, 0.05) is 21.9 Å². The fraction of sp³-hybridized carbons (Fsp3) is 0.393. The Labute approximate surface area is 226 Å². The molecule has 0 aliphatic carbocycles. The van der Waals surface area contributed by atoms with E-state index in [1.165, 1.54) is 0 Å². The topological polar surface area (TPSA) is 87.6 Å². The number of aromatic nitrogens is 2. The SMILES string of the molecule is CCCc1c(OCC(=O)OCC)ccc2c(CCc3nc(-c4ccc(Cl)cc4Cl)oc3C(C)C)noc12. The highest BCUT2D eigenvalue weighted by molar-refractivity contribution is 6.36. The minimum atomic E-state index is -0.406. The zero-order valence-corrected chi connectivity index (χ0v) is 22.9. The van der Waals surface area contributed by atoms with Gasteiger partial charge in [0.05, 0.1) is 28.6 Å². The second-order valence-electron chi connectivity index (χ2n) is 9.00. The number of ether oxygens (including phenoxy) is 2. The molecular formula is C28H30Cl2N2O5. The minimum absolute atomic E-state index is 0.145. The Bertz CT molecular complexity index is 1390. The maximum absolute atomic E-state index is 11.8. The first-order valence-electron chi connectivity index (χ1n) is 12.5. The van der Waals surface area contributed by atoms with Crippen molar-refractivity contribution in [2.45, 2.75) is 59.3 Å². The molecule has 4 aromatic rings. The molecule has 196 valence electrons. The van der Waals surface area contributed by atoms with Crippen LogP contribution in [0.15, 0.2) is 39.3 Å². The van der Waals surface area contributed by atoms with Crippen LogP contribution in [-0.2, 0) is 28.8 Å². The zero-order valence-electron chi connectivity index (χ0n) is 21.4. The van der Waals surface area contributed by atoms with Crippen molar-refractivity contribution >= 4 is 40.1 Å². The number of aryl methyl sites for hydroxylation is 3. The Balaban J connectivity index is 1.59. The molecule has 0 amide bonds. The first-order valence-corrected chi connectivity index (χ1v) is 13.2. The Morgan fingerprint density at radius 3 is 2.54 bits per heavy atom. The average Bonchev–Trinajstić information content (AvgIpc) is 3.47. The molecule has 4 rings (SSSR count).